The van der Waals surface area contributed by atoms with Gasteiger partial charge in [0.1, 0.15) is 23.0 Å². The molecule has 0 aromatic heterocycles. The standard InChI is InChI=1S/C21H19ClF3NO5/c1-29-9-13(21(28)31-3)12-5-4-6-14(22)18(12)20(27)26-17(10-30-2)19-15(24)7-11(23)8-16(19)25/h4-9,20,27H,10H2,1-3H3/b13-9+,26-17+. The fourth-order valence-corrected chi connectivity index (χ4v) is 3.10. The molecule has 0 bridgehead atoms. The van der Waals surface area contributed by atoms with Crippen LogP contribution in [0.1, 0.15) is 22.9 Å². The molecule has 1 unspecified atom stereocenters. The molecule has 0 amide bonds. The number of carbonyl (C=O) groups excluding carboxylic acids is 1. The summed E-state index contributed by atoms with van der Waals surface area (Å²) in [6.45, 7) is -0.409. The topological polar surface area (TPSA) is 77.4 Å². The van der Waals surface area contributed by atoms with Crippen LogP contribution in [0.5, 0.6) is 0 Å². The highest BCUT2D eigenvalue weighted by Crippen LogP contribution is 2.33. The van der Waals surface area contributed by atoms with Gasteiger partial charge in [0, 0.05) is 35.4 Å². The van der Waals surface area contributed by atoms with Crippen molar-refractivity contribution in [3.63, 3.8) is 0 Å². The first-order valence-corrected chi connectivity index (χ1v) is 9.11. The van der Waals surface area contributed by atoms with E-state index in [1.807, 2.05) is 0 Å². The Kier molecular flexibility index (Phi) is 8.61. The van der Waals surface area contributed by atoms with Crippen LogP contribution in [0.15, 0.2) is 41.6 Å². The summed E-state index contributed by atoms with van der Waals surface area (Å²) in [6, 6.07) is 5.35. The fraction of sp³-hybridized carbons (Fsp3) is 0.238. The smallest absolute Gasteiger partial charge is 0.341 e. The number of methoxy groups -OCH3 is 3. The van der Waals surface area contributed by atoms with Gasteiger partial charge in [-0.3, -0.25) is 4.99 Å². The molecule has 0 heterocycles. The molecule has 0 saturated heterocycles. The lowest BCUT2D eigenvalue weighted by atomic mass is 9.99. The Balaban J connectivity index is 2.67. The van der Waals surface area contributed by atoms with Crippen molar-refractivity contribution in [1.82, 2.24) is 0 Å². The van der Waals surface area contributed by atoms with Crippen molar-refractivity contribution in [2.45, 2.75) is 6.23 Å². The second kappa shape index (κ2) is 10.9. The first-order valence-electron chi connectivity index (χ1n) is 8.73. The van der Waals surface area contributed by atoms with Crippen molar-refractivity contribution >= 4 is 28.9 Å². The molecule has 166 valence electrons. The molecule has 2 rings (SSSR count). The van der Waals surface area contributed by atoms with E-state index in [1.54, 1.807) is 0 Å². The Hall–Kier alpha value is -2.88. The summed E-state index contributed by atoms with van der Waals surface area (Å²) in [5, 5.41) is 10.8. The van der Waals surface area contributed by atoms with Gasteiger partial charge < -0.3 is 19.3 Å². The number of benzene rings is 2. The number of nitrogens with zero attached hydrogens (tertiary/aromatic N) is 1. The number of aliphatic hydroxyl groups excluding tert-OH is 1. The first kappa shape index (κ1) is 24.4. The van der Waals surface area contributed by atoms with Crippen molar-refractivity contribution in [2.24, 2.45) is 4.99 Å². The molecule has 0 spiro atoms. The zero-order valence-corrected chi connectivity index (χ0v) is 17.5. The molecule has 0 aliphatic rings. The molecule has 2 aromatic rings. The van der Waals surface area contributed by atoms with Crippen molar-refractivity contribution in [3.8, 4) is 0 Å². The van der Waals surface area contributed by atoms with Gasteiger partial charge in [0.15, 0.2) is 6.23 Å². The Morgan fingerprint density at radius 3 is 2.39 bits per heavy atom. The SMILES string of the molecule is CO/C=C(/C(=O)OC)c1cccc(Cl)c1C(O)/N=C(\COC)c1c(F)cc(F)cc1F. The summed E-state index contributed by atoms with van der Waals surface area (Å²) >= 11 is 6.23. The predicted molar refractivity (Wildman–Crippen MR) is 108 cm³/mol. The molecule has 6 nitrogen and oxygen atoms in total. The lowest BCUT2D eigenvalue weighted by Gasteiger charge is -2.17. The number of esters is 1. The normalized spacial score (nSPS) is 13.2. The number of ether oxygens (including phenoxy) is 3. The van der Waals surface area contributed by atoms with E-state index in [9.17, 15) is 23.1 Å². The number of rotatable bonds is 8. The summed E-state index contributed by atoms with van der Waals surface area (Å²) in [6.07, 6.45) is -0.685. The maximum atomic E-state index is 14.3. The van der Waals surface area contributed by atoms with Gasteiger partial charge >= 0.3 is 5.97 Å². The van der Waals surface area contributed by atoms with E-state index < -0.39 is 41.8 Å². The third-order valence-corrected chi connectivity index (χ3v) is 4.43. The minimum absolute atomic E-state index is 0.0106. The second-order valence-electron chi connectivity index (χ2n) is 6.09. The van der Waals surface area contributed by atoms with Crippen LogP contribution in [-0.4, -0.2) is 44.7 Å². The first-order chi connectivity index (χ1) is 14.7. The molecule has 0 fully saturated rings. The van der Waals surface area contributed by atoms with E-state index in [0.717, 1.165) is 13.4 Å². The third kappa shape index (κ3) is 5.63. The lowest BCUT2D eigenvalue weighted by Crippen LogP contribution is -2.16. The van der Waals surface area contributed by atoms with E-state index >= 15 is 0 Å². The second-order valence-corrected chi connectivity index (χ2v) is 6.49. The minimum atomic E-state index is -1.78. The maximum absolute atomic E-state index is 14.3. The zero-order valence-electron chi connectivity index (χ0n) is 16.8. The Labute approximate surface area is 181 Å². The maximum Gasteiger partial charge on any atom is 0.341 e. The van der Waals surface area contributed by atoms with E-state index in [2.05, 4.69) is 4.99 Å². The molecule has 31 heavy (non-hydrogen) atoms. The Morgan fingerprint density at radius 2 is 1.84 bits per heavy atom. The number of halogens is 4. The van der Waals surface area contributed by atoms with Crippen molar-refractivity contribution in [2.75, 3.05) is 27.9 Å². The van der Waals surface area contributed by atoms with Crippen molar-refractivity contribution in [1.29, 1.82) is 0 Å². The van der Waals surface area contributed by atoms with Crippen LogP contribution in [0, 0.1) is 17.5 Å². The predicted octanol–water partition coefficient (Wildman–Crippen LogP) is 4.04. The number of aliphatic imine (C=N–C) groups is 1. The van der Waals surface area contributed by atoms with Gasteiger partial charge in [-0.05, 0) is 6.07 Å². The molecule has 0 radical (unpaired) electrons. The summed E-state index contributed by atoms with van der Waals surface area (Å²) in [7, 11) is 3.71. The van der Waals surface area contributed by atoms with Gasteiger partial charge in [0.25, 0.3) is 0 Å². The highest BCUT2D eigenvalue weighted by molar-refractivity contribution is 6.32. The molecule has 1 atom stereocenters. The third-order valence-electron chi connectivity index (χ3n) is 4.10. The van der Waals surface area contributed by atoms with Crippen LogP contribution < -0.4 is 0 Å². The summed E-state index contributed by atoms with van der Waals surface area (Å²) in [5.41, 5.74) is -1.02. The zero-order chi connectivity index (χ0) is 23.1. The Morgan fingerprint density at radius 1 is 1.19 bits per heavy atom. The van der Waals surface area contributed by atoms with E-state index in [0.29, 0.717) is 12.1 Å². The number of hydrogen-bond donors (Lipinski definition) is 1. The van der Waals surface area contributed by atoms with Crippen LogP contribution in [0.2, 0.25) is 5.02 Å². The van der Waals surface area contributed by atoms with Crippen LogP contribution in [0.3, 0.4) is 0 Å². The van der Waals surface area contributed by atoms with Crippen LogP contribution in [0.4, 0.5) is 13.2 Å². The lowest BCUT2D eigenvalue weighted by molar-refractivity contribution is -0.133. The summed E-state index contributed by atoms with van der Waals surface area (Å²) in [4.78, 5) is 16.1. The average Bonchev–Trinajstić information content (AvgIpc) is 2.70. The monoisotopic (exact) mass is 457 g/mol. The minimum Gasteiger partial charge on any atom is -0.503 e. The highest BCUT2D eigenvalue weighted by atomic mass is 35.5. The molecule has 0 saturated carbocycles. The molecule has 1 N–H and O–H groups in total. The molecule has 10 heteroatoms. The van der Waals surface area contributed by atoms with Gasteiger partial charge in [-0.15, -0.1) is 0 Å². The fourth-order valence-electron chi connectivity index (χ4n) is 2.82. The van der Waals surface area contributed by atoms with Gasteiger partial charge in [-0.25, -0.2) is 18.0 Å². The van der Waals surface area contributed by atoms with Gasteiger partial charge in [-0.2, -0.15) is 0 Å². The van der Waals surface area contributed by atoms with Crippen molar-refractivity contribution < 1.29 is 37.3 Å². The van der Waals surface area contributed by atoms with Crippen LogP contribution in [-0.2, 0) is 19.0 Å². The largest absolute Gasteiger partial charge is 0.503 e. The van der Waals surface area contributed by atoms with Gasteiger partial charge in [0.2, 0.25) is 0 Å². The van der Waals surface area contributed by atoms with E-state index in [4.69, 9.17) is 25.8 Å². The summed E-state index contributed by atoms with van der Waals surface area (Å²) in [5.74, 6) is -4.35. The summed E-state index contributed by atoms with van der Waals surface area (Å²) < 4.78 is 56.4. The molecular formula is C21H19ClF3NO5. The number of aliphatic hydroxyl groups is 1. The number of carbonyl (C=O) groups is 1. The molecule has 0 aliphatic heterocycles. The quantitative estimate of drug-likeness (QED) is 0.280. The molecule has 2 aromatic carbocycles. The van der Waals surface area contributed by atoms with E-state index in [-0.39, 0.29) is 27.4 Å². The average molecular weight is 458 g/mol. The molecule has 0 aliphatic carbocycles. The van der Waals surface area contributed by atoms with Crippen LogP contribution >= 0.6 is 11.6 Å². The molecular weight excluding hydrogens is 439 g/mol. The van der Waals surface area contributed by atoms with Gasteiger partial charge in [0.05, 0.1) is 38.4 Å². The van der Waals surface area contributed by atoms with Crippen molar-refractivity contribution in [3.05, 3.63) is 75.8 Å². The Bertz CT molecular complexity index is 1000. The number of hydrogen-bond acceptors (Lipinski definition) is 6. The van der Waals surface area contributed by atoms with E-state index in [1.165, 1.54) is 32.4 Å². The van der Waals surface area contributed by atoms with Gasteiger partial charge in [-0.1, -0.05) is 23.7 Å². The van der Waals surface area contributed by atoms with Crippen LogP contribution in [0.25, 0.3) is 5.57 Å². The highest BCUT2D eigenvalue weighted by Gasteiger charge is 2.25.